The quantitative estimate of drug-likeness (QED) is 0.919. The monoisotopic (exact) mass is 280 g/mol. The van der Waals surface area contributed by atoms with Gasteiger partial charge in [0.2, 0.25) is 0 Å². The average molecular weight is 281 g/mol. The van der Waals surface area contributed by atoms with Crippen molar-refractivity contribution in [1.82, 2.24) is 4.98 Å². The number of halogens is 1. The number of hydrogen-bond donors (Lipinski definition) is 1. The Balaban J connectivity index is 2.77. The standard InChI is InChI=1S/C12H13BrN2O/c1-15(2)11-6-5-10(13)9-4-3-8(7-16)14-12(9)11/h3-6,16H,7H2,1-2H3. The fourth-order valence-corrected chi connectivity index (χ4v) is 2.11. The number of rotatable bonds is 2. The molecule has 0 amide bonds. The minimum atomic E-state index is -0.0324. The van der Waals surface area contributed by atoms with Gasteiger partial charge in [0.25, 0.3) is 0 Å². The summed E-state index contributed by atoms with van der Waals surface area (Å²) >= 11 is 3.51. The van der Waals surface area contributed by atoms with Gasteiger partial charge in [-0.25, -0.2) is 4.98 Å². The molecule has 0 aliphatic heterocycles. The summed E-state index contributed by atoms with van der Waals surface area (Å²) in [6.45, 7) is -0.0324. The highest BCUT2D eigenvalue weighted by Crippen LogP contribution is 2.30. The highest BCUT2D eigenvalue weighted by molar-refractivity contribution is 9.10. The summed E-state index contributed by atoms with van der Waals surface area (Å²) < 4.78 is 1.02. The first-order valence-electron chi connectivity index (χ1n) is 5.00. The molecule has 3 nitrogen and oxygen atoms in total. The van der Waals surface area contributed by atoms with Crippen LogP contribution in [0.15, 0.2) is 28.7 Å². The zero-order valence-corrected chi connectivity index (χ0v) is 10.8. The van der Waals surface area contributed by atoms with Crippen LogP contribution in [-0.2, 0) is 6.61 Å². The molecule has 0 unspecified atom stereocenters. The lowest BCUT2D eigenvalue weighted by Crippen LogP contribution is -2.10. The highest BCUT2D eigenvalue weighted by atomic mass is 79.9. The number of fused-ring (bicyclic) bond motifs is 1. The zero-order chi connectivity index (χ0) is 11.7. The van der Waals surface area contributed by atoms with E-state index in [2.05, 4.69) is 20.9 Å². The van der Waals surface area contributed by atoms with Crippen LogP contribution in [0.25, 0.3) is 10.9 Å². The number of pyridine rings is 1. The number of aliphatic hydroxyl groups excluding tert-OH is 1. The molecule has 0 spiro atoms. The van der Waals surface area contributed by atoms with Gasteiger partial charge in [0.05, 0.1) is 23.5 Å². The molecule has 0 saturated heterocycles. The van der Waals surface area contributed by atoms with E-state index in [9.17, 15) is 0 Å². The predicted molar refractivity (Wildman–Crippen MR) is 69.7 cm³/mol. The van der Waals surface area contributed by atoms with E-state index in [1.54, 1.807) is 0 Å². The van der Waals surface area contributed by atoms with Gasteiger partial charge in [-0.2, -0.15) is 0 Å². The Morgan fingerprint density at radius 1 is 1.25 bits per heavy atom. The second-order valence-corrected chi connectivity index (χ2v) is 4.67. The molecule has 0 aliphatic rings. The number of nitrogens with zero attached hydrogens (tertiary/aromatic N) is 2. The molecule has 0 aliphatic carbocycles. The average Bonchev–Trinajstić information content (AvgIpc) is 2.28. The SMILES string of the molecule is CN(C)c1ccc(Br)c2ccc(CO)nc12. The van der Waals surface area contributed by atoms with E-state index in [4.69, 9.17) is 5.11 Å². The first-order valence-corrected chi connectivity index (χ1v) is 5.79. The molecule has 0 bridgehead atoms. The fraction of sp³-hybridized carbons (Fsp3) is 0.250. The molecule has 1 aromatic heterocycles. The maximum atomic E-state index is 9.11. The molecule has 0 saturated carbocycles. The molecular formula is C12H13BrN2O. The van der Waals surface area contributed by atoms with Crippen molar-refractivity contribution in [3.05, 3.63) is 34.4 Å². The predicted octanol–water partition coefficient (Wildman–Crippen LogP) is 2.56. The van der Waals surface area contributed by atoms with Crippen LogP contribution in [0.1, 0.15) is 5.69 Å². The summed E-state index contributed by atoms with van der Waals surface area (Å²) in [5, 5.41) is 10.2. The zero-order valence-electron chi connectivity index (χ0n) is 9.24. The van der Waals surface area contributed by atoms with E-state index < -0.39 is 0 Å². The first-order chi connectivity index (χ1) is 7.63. The molecule has 1 N–H and O–H groups in total. The van der Waals surface area contributed by atoms with Crippen molar-refractivity contribution in [1.29, 1.82) is 0 Å². The maximum Gasteiger partial charge on any atom is 0.0950 e. The molecule has 2 rings (SSSR count). The van der Waals surface area contributed by atoms with Crippen molar-refractivity contribution in [2.24, 2.45) is 0 Å². The number of anilines is 1. The van der Waals surface area contributed by atoms with Crippen LogP contribution in [0.4, 0.5) is 5.69 Å². The highest BCUT2D eigenvalue weighted by Gasteiger charge is 2.08. The third-order valence-corrected chi connectivity index (χ3v) is 3.18. The summed E-state index contributed by atoms with van der Waals surface area (Å²) in [4.78, 5) is 6.47. The van der Waals surface area contributed by atoms with Crippen molar-refractivity contribution < 1.29 is 5.11 Å². The summed E-state index contributed by atoms with van der Waals surface area (Å²) in [6.07, 6.45) is 0. The number of benzene rings is 1. The number of hydrogen-bond acceptors (Lipinski definition) is 3. The smallest absolute Gasteiger partial charge is 0.0950 e. The third kappa shape index (κ3) is 1.90. The van der Waals surface area contributed by atoms with Crippen molar-refractivity contribution in [3.8, 4) is 0 Å². The summed E-state index contributed by atoms with van der Waals surface area (Å²) in [6, 6.07) is 7.84. The lowest BCUT2D eigenvalue weighted by Gasteiger charge is -2.15. The van der Waals surface area contributed by atoms with Crippen molar-refractivity contribution >= 4 is 32.5 Å². The molecule has 4 heteroatoms. The van der Waals surface area contributed by atoms with Gasteiger partial charge in [-0.3, -0.25) is 0 Å². The van der Waals surface area contributed by atoms with E-state index in [1.807, 2.05) is 43.3 Å². The van der Waals surface area contributed by atoms with E-state index in [0.717, 1.165) is 21.1 Å². The molecule has 2 aromatic rings. The molecule has 84 valence electrons. The lowest BCUT2D eigenvalue weighted by molar-refractivity contribution is 0.277. The van der Waals surface area contributed by atoms with Gasteiger partial charge in [-0.15, -0.1) is 0 Å². The molecule has 16 heavy (non-hydrogen) atoms. The van der Waals surface area contributed by atoms with E-state index in [0.29, 0.717) is 5.69 Å². The Morgan fingerprint density at radius 3 is 2.62 bits per heavy atom. The van der Waals surface area contributed by atoms with Crippen LogP contribution in [0, 0.1) is 0 Å². The van der Waals surface area contributed by atoms with Crippen LogP contribution in [0.2, 0.25) is 0 Å². The number of aliphatic hydroxyl groups is 1. The van der Waals surface area contributed by atoms with Crippen molar-refractivity contribution in [2.45, 2.75) is 6.61 Å². The largest absolute Gasteiger partial charge is 0.390 e. The van der Waals surface area contributed by atoms with Crippen LogP contribution in [-0.4, -0.2) is 24.2 Å². The van der Waals surface area contributed by atoms with Gasteiger partial charge >= 0.3 is 0 Å². The Bertz CT molecular complexity index is 526. The molecule has 0 radical (unpaired) electrons. The van der Waals surface area contributed by atoms with E-state index in [1.165, 1.54) is 0 Å². The molecule has 0 atom stereocenters. The van der Waals surface area contributed by atoms with Gasteiger partial charge in [0.1, 0.15) is 0 Å². The van der Waals surface area contributed by atoms with Crippen molar-refractivity contribution in [3.63, 3.8) is 0 Å². The summed E-state index contributed by atoms with van der Waals surface area (Å²) in [5.41, 5.74) is 2.65. The van der Waals surface area contributed by atoms with Gasteiger partial charge in [-0.05, 0) is 24.3 Å². The Labute approximate surface area is 103 Å². The fourth-order valence-electron chi connectivity index (χ4n) is 1.66. The van der Waals surface area contributed by atoms with Gasteiger partial charge in [0.15, 0.2) is 0 Å². The second-order valence-electron chi connectivity index (χ2n) is 3.82. The second kappa shape index (κ2) is 4.39. The minimum Gasteiger partial charge on any atom is -0.390 e. The Morgan fingerprint density at radius 2 is 2.00 bits per heavy atom. The van der Waals surface area contributed by atoms with Gasteiger partial charge in [-0.1, -0.05) is 15.9 Å². The van der Waals surface area contributed by atoms with Crippen LogP contribution >= 0.6 is 15.9 Å². The number of aromatic nitrogens is 1. The van der Waals surface area contributed by atoms with Gasteiger partial charge in [0, 0.05) is 24.0 Å². The van der Waals surface area contributed by atoms with E-state index in [-0.39, 0.29) is 6.61 Å². The first kappa shape index (κ1) is 11.4. The van der Waals surface area contributed by atoms with Crippen LogP contribution < -0.4 is 4.90 Å². The van der Waals surface area contributed by atoms with E-state index >= 15 is 0 Å². The minimum absolute atomic E-state index is 0.0324. The third-order valence-electron chi connectivity index (χ3n) is 2.48. The topological polar surface area (TPSA) is 36.4 Å². The van der Waals surface area contributed by atoms with Crippen molar-refractivity contribution in [2.75, 3.05) is 19.0 Å². The van der Waals surface area contributed by atoms with Crippen LogP contribution in [0.5, 0.6) is 0 Å². The maximum absolute atomic E-state index is 9.11. The summed E-state index contributed by atoms with van der Waals surface area (Å²) in [7, 11) is 3.96. The Kier molecular flexibility index (Phi) is 3.12. The normalized spacial score (nSPS) is 10.8. The molecule has 1 heterocycles. The molecule has 1 aromatic carbocycles. The summed E-state index contributed by atoms with van der Waals surface area (Å²) in [5.74, 6) is 0. The Hall–Kier alpha value is -1.13. The van der Waals surface area contributed by atoms with Gasteiger partial charge < -0.3 is 10.0 Å². The van der Waals surface area contributed by atoms with Crippen LogP contribution in [0.3, 0.4) is 0 Å². The molecule has 0 fully saturated rings. The molecular weight excluding hydrogens is 268 g/mol. The lowest BCUT2D eigenvalue weighted by atomic mass is 10.1.